The van der Waals surface area contributed by atoms with Crippen LogP contribution < -0.4 is 15.1 Å². The van der Waals surface area contributed by atoms with Gasteiger partial charge in [0.1, 0.15) is 0 Å². The fraction of sp³-hybridized carbons (Fsp3) is 0.312. The number of aryl methyl sites for hydroxylation is 1. The lowest BCUT2D eigenvalue weighted by Gasteiger charge is -2.33. The van der Waals surface area contributed by atoms with Crippen molar-refractivity contribution in [3.63, 3.8) is 0 Å². The minimum absolute atomic E-state index is 0.172. The summed E-state index contributed by atoms with van der Waals surface area (Å²) in [4.78, 5) is 9.28. The molecular formula is C32H32Cl3N5S. The van der Waals surface area contributed by atoms with E-state index in [0.29, 0.717) is 15.2 Å². The van der Waals surface area contributed by atoms with Crippen molar-refractivity contribution < 1.29 is 0 Å². The number of rotatable bonds is 5. The minimum atomic E-state index is -0.173. The number of anilines is 2. The molecule has 2 fully saturated rings. The molecule has 9 heteroatoms. The summed E-state index contributed by atoms with van der Waals surface area (Å²) in [5.74, 6) is 0.752. The SMILES string of the molecule is Cc1cc([C@H]2[C@H](c3ccccn3)NC(=S)N2c2ccc(N3CCC(C)CC3)c(Cl)c2)c(C)n1-c1cccc(Cl)c1Cl. The Kier molecular flexibility index (Phi) is 7.94. The van der Waals surface area contributed by atoms with Crippen LogP contribution in [0.1, 0.15) is 54.5 Å². The molecule has 2 aliphatic heterocycles. The average Bonchev–Trinajstić information content (AvgIpc) is 3.46. The fourth-order valence-electron chi connectivity index (χ4n) is 6.22. The first kappa shape index (κ1) is 28.4. The van der Waals surface area contributed by atoms with Crippen LogP contribution >= 0.6 is 47.0 Å². The van der Waals surface area contributed by atoms with E-state index in [-0.39, 0.29) is 12.1 Å². The lowest BCUT2D eigenvalue weighted by molar-refractivity contribution is 0.438. The predicted molar refractivity (Wildman–Crippen MR) is 175 cm³/mol. The van der Waals surface area contributed by atoms with E-state index in [2.05, 4.69) is 58.7 Å². The van der Waals surface area contributed by atoms with Crippen LogP contribution in [0, 0.1) is 19.8 Å². The zero-order chi connectivity index (χ0) is 28.8. The molecule has 0 amide bonds. The Hall–Kier alpha value is -2.77. The second-order valence-corrected chi connectivity index (χ2v) is 12.6. The van der Waals surface area contributed by atoms with Crippen LogP contribution in [0.15, 0.2) is 66.9 Å². The van der Waals surface area contributed by atoms with Crippen LogP contribution in [0.5, 0.6) is 0 Å². The van der Waals surface area contributed by atoms with Crippen LogP contribution in [-0.2, 0) is 0 Å². The van der Waals surface area contributed by atoms with Gasteiger partial charge < -0.3 is 19.7 Å². The monoisotopic (exact) mass is 623 g/mol. The molecule has 0 saturated carbocycles. The van der Waals surface area contributed by atoms with Gasteiger partial charge in [0, 0.05) is 36.4 Å². The summed E-state index contributed by atoms with van der Waals surface area (Å²) in [7, 11) is 0. The van der Waals surface area contributed by atoms with Crippen molar-refractivity contribution in [3.8, 4) is 5.69 Å². The summed E-state index contributed by atoms with van der Waals surface area (Å²) in [6.07, 6.45) is 4.18. The number of hydrogen-bond donors (Lipinski definition) is 1. The molecule has 6 rings (SSSR count). The number of thiocarbonyl (C=S) groups is 1. The zero-order valence-electron chi connectivity index (χ0n) is 23.2. The number of pyridine rings is 1. The van der Waals surface area contributed by atoms with Crippen molar-refractivity contribution in [1.29, 1.82) is 0 Å². The Morgan fingerprint density at radius 2 is 1.68 bits per heavy atom. The van der Waals surface area contributed by atoms with Crippen LogP contribution in [0.3, 0.4) is 0 Å². The number of nitrogens with zero attached hydrogens (tertiary/aromatic N) is 4. The van der Waals surface area contributed by atoms with E-state index in [1.165, 1.54) is 12.8 Å². The Labute approximate surface area is 262 Å². The minimum Gasteiger partial charge on any atom is -0.370 e. The molecule has 0 unspecified atom stereocenters. The van der Waals surface area contributed by atoms with Gasteiger partial charge in [0.25, 0.3) is 0 Å². The highest BCUT2D eigenvalue weighted by atomic mass is 35.5. The number of benzene rings is 2. The maximum Gasteiger partial charge on any atom is 0.174 e. The summed E-state index contributed by atoms with van der Waals surface area (Å²) in [5.41, 5.74) is 7.00. The van der Waals surface area contributed by atoms with Gasteiger partial charge in [0.15, 0.2) is 5.11 Å². The Bertz CT molecular complexity index is 1600. The second kappa shape index (κ2) is 11.5. The van der Waals surface area contributed by atoms with Crippen LogP contribution in [0.2, 0.25) is 15.1 Å². The van der Waals surface area contributed by atoms with Gasteiger partial charge in [-0.15, -0.1) is 0 Å². The zero-order valence-corrected chi connectivity index (χ0v) is 26.3. The van der Waals surface area contributed by atoms with Gasteiger partial charge in [-0.3, -0.25) is 4.98 Å². The van der Waals surface area contributed by atoms with Gasteiger partial charge in [-0.25, -0.2) is 0 Å². The summed E-state index contributed by atoms with van der Waals surface area (Å²) >= 11 is 26.1. The summed E-state index contributed by atoms with van der Waals surface area (Å²) in [6, 6.07) is 19.9. The van der Waals surface area contributed by atoms with Crippen molar-refractivity contribution >= 4 is 63.5 Å². The fourth-order valence-corrected chi connectivity index (χ4v) is 7.24. The molecular weight excluding hydrogens is 593 g/mol. The molecule has 4 aromatic rings. The maximum atomic E-state index is 6.97. The quantitative estimate of drug-likeness (QED) is 0.225. The Balaban J connectivity index is 1.45. The van der Waals surface area contributed by atoms with E-state index in [9.17, 15) is 0 Å². The van der Waals surface area contributed by atoms with Gasteiger partial charge >= 0.3 is 0 Å². The number of aromatic nitrogens is 2. The largest absolute Gasteiger partial charge is 0.370 e. The topological polar surface area (TPSA) is 36.3 Å². The lowest BCUT2D eigenvalue weighted by Crippen LogP contribution is -2.33. The van der Waals surface area contributed by atoms with E-state index < -0.39 is 0 Å². The Morgan fingerprint density at radius 1 is 0.902 bits per heavy atom. The van der Waals surface area contributed by atoms with Crippen molar-refractivity contribution in [2.75, 3.05) is 22.9 Å². The highest BCUT2D eigenvalue weighted by Crippen LogP contribution is 2.45. The van der Waals surface area contributed by atoms with E-state index in [4.69, 9.17) is 52.0 Å². The molecule has 4 heterocycles. The molecule has 0 aliphatic carbocycles. The third-order valence-electron chi connectivity index (χ3n) is 8.39. The highest BCUT2D eigenvalue weighted by Gasteiger charge is 2.42. The van der Waals surface area contributed by atoms with Crippen molar-refractivity contribution in [1.82, 2.24) is 14.9 Å². The molecule has 2 aromatic carbocycles. The summed E-state index contributed by atoms with van der Waals surface area (Å²) < 4.78 is 2.16. The van der Waals surface area contributed by atoms with Gasteiger partial charge in [-0.05, 0) is 98.9 Å². The molecule has 0 radical (unpaired) electrons. The number of hydrogen-bond acceptors (Lipinski definition) is 3. The van der Waals surface area contributed by atoms with Crippen LogP contribution in [-0.4, -0.2) is 27.8 Å². The third kappa shape index (κ3) is 5.20. The third-order valence-corrected chi connectivity index (χ3v) is 9.82. The molecule has 2 aromatic heterocycles. The normalized spacial score (nSPS) is 19.6. The first-order valence-electron chi connectivity index (χ1n) is 13.9. The van der Waals surface area contributed by atoms with Gasteiger partial charge in [-0.2, -0.15) is 0 Å². The Morgan fingerprint density at radius 3 is 2.39 bits per heavy atom. The number of nitrogens with one attached hydrogen (secondary N) is 1. The highest BCUT2D eigenvalue weighted by molar-refractivity contribution is 7.80. The van der Waals surface area contributed by atoms with Crippen LogP contribution in [0.4, 0.5) is 11.4 Å². The maximum absolute atomic E-state index is 6.97. The first-order valence-corrected chi connectivity index (χ1v) is 15.5. The standard InChI is InChI=1S/C32H32Cl3N5S/c1-19-12-15-38(16-13-19)27-11-10-22(18-25(27)34)40-31(30(37-32(40)41)26-8-4-5-14-36-26)23-17-20(2)39(21(23)3)28-9-6-7-24(33)29(28)35/h4-11,14,17-19,30-31H,12-13,15-16H2,1-3H3,(H,37,41)/t30-,31-/m0/s1. The van der Waals surface area contributed by atoms with Crippen molar-refractivity contribution in [2.24, 2.45) is 5.92 Å². The second-order valence-electron chi connectivity index (χ2n) is 11.0. The summed E-state index contributed by atoms with van der Waals surface area (Å²) in [5, 5.41) is 5.98. The van der Waals surface area contributed by atoms with Gasteiger partial charge in [0.2, 0.25) is 0 Å². The smallest absolute Gasteiger partial charge is 0.174 e. The predicted octanol–water partition coefficient (Wildman–Crippen LogP) is 8.86. The molecule has 2 aliphatic rings. The molecule has 2 atom stereocenters. The van der Waals surface area contributed by atoms with Crippen LogP contribution in [0.25, 0.3) is 5.69 Å². The summed E-state index contributed by atoms with van der Waals surface area (Å²) in [6.45, 7) is 8.55. The van der Waals surface area contributed by atoms with Crippen molar-refractivity contribution in [2.45, 2.75) is 45.7 Å². The van der Waals surface area contributed by atoms with Crippen molar-refractivity contribution in [3.05, 3.63) is 105 Å². The van der Waals surface area contributed by atoms with E-state index in [0.717, 1.165) is 63.7 Å². The van der Waals surface area contributed by atoms with E-state index in [1.807, 2.05) is 42.6 Å². The first-order chi connectivity index (χ1) is 19.7. The van der Waals surface area contributed by atoms with Gasteiger partial charge in [0.05, 0.1) is 44.2 Å². The van der Waals surface area contributed by atoms with Gasteiger partial charge in [-0.1, -0.05) is 53.9 Å². The average molecular weight is 625 g/mol. The molecule has 1 N–H and O–H groups in total. The molecule has 2 saturated heterocycles. The van der Waals surface area contributed by atoms with E-state index in [1.54, 1.807) is 6.07 Å². The molecule has 41 heavy (non-hydrogen) atoms. The molecule has 212 valence electrons. The van der Waals surface area contributed by atoms with E-state index >= 15 is 0 Å². The number of piperidine rings is 1. The molecule has 0 bridgehead atoms. The number of halogens is 3. The molecule has 5 nitrogen and oxygen atoms in total. The molecule has 0 spiro atoms. The lowest BCUT2D eigenvalue weighted by atomic mass is 9.96.